The Bertz CT molecular complexity index is 1950. The number of aliphatic hydroxyl groups is 2. The quantitative estimate of drug-likeness (QED) is 0.0421. The molecule has 3 rings (SSSR count). The van der Waals surface area contributed by atoms with E-state index in [0.29, 0.717) is 25.0 Å². The number of unbranched alkanes of at least 4 members (excludes halogenated alkanes) is 2. The molecule has 1 aliphatic rings. The molecule has 8 atom stereocenters. The Balaban J connectivity index is 1.41. The van der Waals surface area contributed by atoms with Crippen LogP contribution in [-0.4, -0.2) is 135 Å². The molecule has 0 saturated carbocycles. The average molecular weight is 937 g/mol. The van der Waals surface area contributed by atoms with E-state index >= 15 is 0 Å². The molecule has 0 radical (unpaired) electrons. The van der Waals surface area contributed by atoms with Crippen LogP contribution in [0.4, 0.5) is 5.82 Å². The number of aliphatic hydroxyl groups excluding tert-OH is 2. The average Bonchev–Trinajstić information content (AvgIpc) is 3.71. The number of ketones is 1. The summed E-state index contributed by atoms with van der Waals surface area (Å²) >= 11 is 1.06. The molecule has 1 saturated heterocycles. The summed E-state index contributed by atoms with van der Waals surface area (Å²) in [7, 11) is -16.4. The first-order valence-corrected chi connectivity index (χ1v) is 23.6. The number of imidazole rings is 1. The van der Waals surface area contributed by atoms with E-state index in [1.54, 1.807) is 0 Å². The largest absolute Gasteiger partial charge is 0.481 e. The van der Waals surface area contributed by atoms with Crippen LogP contribution in [0.5, 0.6) is 0 Å². The van der Waals surface area contributed by atoms with Gasteiger partial charge in [-0.2, -0.15) is 4.31 Å². The summed E-state index contributed by atoms with van der Waals surface area (Å²) in [6, 6.07) is -0.490. The number of nitrogen functional groups attached to an aromatic ring is 1. The number of rotatable bonds is 26. The number of ether oxygens (including phenoxy) is 1. The first-order valence-electron chi connectivity index (χ1n) is 18.1. The molecular weight excluding hydrogens is 885 g/mol. The van der Waals surface area contributed by atoms with Gasteiger partial charge in [0.15, 0.2) is 22.8 Å². The van der Waals surface area contributed by atoms with Gasteiger partial charge < -0.3 is 56.6 Å². The van der Waals surface area contributed by atoms with Crippen LogP contribution in [0.1, 0.15) is 65.5 Å². The molecule has 0 bridgehead atoms. The molecule has 2 aromatic heterocycles. The number of fused-ring (bicyclic) bond motifs is 1. The van der Waals surface area contributed by atoms with Gasteiger partial charge in [-0.25, -0.2) is 28.6 Å². The van der Waals surface area contributed by atoms with E-state index < -0.39 is 90.6 Å². The molecule has 0 spiro atoms. The van der Waals surface area contributed by atoms with Crippen molar-refractivity contribution in [2.75, 3.05) is 37.8 Å². The van der Waals surface area contributed by atoms with E-state index in [2.05, 4.69) is 34.4 Å². The normalized spacial score (nSPS) is 21.5. The van der Waals surface area contributed by atoms with Crippen LogP contribution in [0.15, 0.2) is 12.7 Å². The van der Waals surface area contributed by atoms with Gasteiger partial charge in [0.05, 0.1) is 25.6 Å². The second-order valence-electron chi connectivity index (χ2n) is 14.1. The third-order valence-corrected chi connectivity index (χ3v) is 12.7. The molecule has 340 valence electrons. The topological polar surface area (TPSA) is 407 Å². The Morgan fingerprint density at radius 3 is 2.35 bits per heavy atom. The molecule has 2 amide bonds. The van der Waals surface area contributed by atoms with E-state index in [1.807, 2.05) is 0 Å². The second-order valence-corrected chi connectivity index (χ2v) is 19.5. The minimum absolute atomic E-state index is 0.0251. The summed E-state index contributed by atoms with van der Waals surface area (Å²) in [5.41, 5.74) is 9.92. The first kappa shape index (κ1) is 51.5. The van der Waals surface area contributed by atoms with Gasteiger partial charge in [0.1, 0.15) is 42.0 Å². The Labute approximate surface area is 347 Å². The fourth-order valence-corrected chi connectivity index (χ4v) is 8.93. The van der Waals surface area contributed by atoms with Gasteiger partial charge in [-0.3, -0.25) is 37.3 Å². The third kappa shape index (κ3) is 16.5. The maximum absolute atomic E-state index is 12.7. The maximum atomic E-state index is 12.7. The van der Waals surface area contributed by atoms with Gasteiger partial charge in [0, 0.05) is 37.1 Å². The number of nitrogens with two attached hydrogens (primary N) is 2. The van der Waals surface area contributed by atoms with Crippen molar-refractivity contribution >= 4 is 74.9 Å². The summed E-state index contributed by atoms with van der Waals surface area (Å²) in [5, 5.41) is 26.4. The van der Waals surface area contributed by atoms with Crippen molar-refractivity contribution in [2.45, 2.75) is 96.0 Å². The van der Waals surface area contributed by atoms with Crippen LogP contribution in [0.3, 0.4) is 0 Å². The highest BCUT2D eigenvalue weighted by Gasteiger charge is 2.50. The SMILES string of the molecule is CC(=O)C(N)CCCCCC(=O)SCCNC(=O)CCNC(=O)[C@H](O)C(C)(C)COP(=O)(O)OP(=O)(O)OC[C@H]1O[C@@H](n2cnc3c(N)ncnc32)[C@H](O)[C@@H]1OP(=O)(O)O. The van der Waals surface area contributed by atoms with Crippen LogP contribution in [0.2, 0.25) is 0 Å². The van der Waals surface area contributed by atoms with Crippen molar-refractivity contribution in [3.05, 3.63) is 12.7 Å². The van der Waals surface area contributed by atoms with Crippen molar-refractivity contribution in [1.29, 1.82) is 0 Å². The van der Waals surface area contributed by atoms with Crippen molar-refractivity contribution < 1.29 is 85.3 Å². The van der Waals surface area contributed by atoms with Gasteiger partial charge in [-0.15, -0.1) is 0 Å². The van der Waals surface area contributed by atoms with E-state index in [4.69, 9.17) is 25.3 Å². The zero-order chi connectivity index (χ0) is 45.1. The van der Waals surface area contributed by atoms with Crippen LogP contribution >= 0.6 is 35.2 Å². The van der Waals surface area contributed by atoms with Gasteiger partial charge in [0.25, 0.3) is 0 Å². The number of carbonyl (C=O) groups is 4. The van der Waals surface area contributed by atoms with Crippen molar-refractivity contribution in [3.63, 3.8) is 0 Å². The van der Waals surface area contributed by atoms with E-state index in [-0.39, 0.29) is 47.4 Å². The molecule has 1 aliphatic heterocycles. The Hall–Kier alpha value is -2.81. The minimum atomic E-state index is -5.58. The van der Waals surface area contributed by atoms with Crippen molar-refractivity contribution in [1.82, 2.24) is 30.2 Å². The predicted octanol–water partition coefficient (Wildman–Crippen LogP) is -0.468. The fraction of sp³-hybridized carbons (Fsp3) is 0.700. The highest BCUT2D eigenvalue weighted by Crippen LogP contribution is 2.61. The molecule has 1 fully saturated rings. The number of phosphoric ester groups is 3. The molecule has 26 nitrogen and oxygen atoms in total. The lowest BCUT2D eigenvalue weighted by atomic mass is 9.87. The maximum Gasteiger partial charge on any atom is 0.481 e. The van der Waals surface area contributed by atoms with E-state index in [0.717, 1.165) is 41.8 Å². The van der Waals surface area contributed by atoms with Gasteiger partial charge >= 0.3 is 23.5 Å². The summed E-state index contributed by atoms with van der Waals surface area (Å²) in [5.74, 6) is -1.25. The highest BCUT2D eigenvalue weighted by atomic mass is 32.2. The monoisotopic (exact) mass is 936 g/mol. The Morgan fingerprint density at radius 1 is 1.00 bits per heavy atom. The second kappa shape index (κ2) is 22.5. The molecule has 12 N–H and O–H groups in total. The summed E-state index contributed by atoms with van der Waals surface area (Å²) < 4.78 is 62.2. The zero-order valence-corrected chi connectivity index (χ0v) is 36.2. The number of carbonyl (C=O) groups excluding carboxylic acids is 4. The van der Waals surface area contributed by atoms with Gasteiger partial charge in [-0.1, -0.05) is 38.5 Å². The zero-order valence-electron chi connectivity index (χ0n) is 32.7. The summed E-state index contributed by atoms with van der Waals surface area (Å²) in [6.07, 6.45) is -3.93. The number of amides is 2. The molecule has 3 unspecified atom stereocenters. The molecule has 30 heteroatoms. The lowest BCUT2D eigenvalue weighted by Gasteiger charge is -2.30. The number of phosphoric acid groups is 3. The predicted molar refractivity (Wildman–Crippen MR) is 209 cm³/mol. The number of anilines is 1. The number of nitrogens with zero attached hydrogens (tertiary/aromatic N) is 4. The number of Topliss-reactive ketones (excluding diaryl/α,β-unsaturated/α-hetero) is 1. The number of nitrogens with one attached hydrogen (secondary N) is 2. The number of hydrogen-bond donors (Lipinski definition) is 10. The highest BCUT2D eigenvalue weighted by molar-refractivity contribution is 8.13. The van der Waals surface area contributed by atoms with E-state index in [1.165, 1.54) is 20.8 Å². The molecule has 0 aliphatic carbocycles. The number of hydrogen-bond acceptors (Lipinski definition) is 20. The lowest BCUT2D eigenvalue weighted by molar-refractivity contribution is -0.137. The third-order valence-electron chi connectivity index (χ3n) is 8.68. The van der Waals surface area contributed by atoms with Crippen LogP contribution in [0.25, 0.3) is 11.2 Å². The van der Waals surface area contributed by atoms with E-state index in [9.17, 15) is 62.7 Å². The minimum Gasteiger partial charge on any atom is -0.386 e. The summed E-state index contributed by atoms with van der Waals surface area (Å²) in [4.78, 5) is 98.9. The van der Waals surface area contributed by atoms with Crippen LogP contribution < -0.4 is 22.1 Å². The van der Waals surface area contributed by atoms with Gasteiger partial charge in [-0.05, 0) is 19.8 Å². The molecule has 60 heavy (non-hydrogen) atoms. The van der Waals surface area contributed by atoms with Crippen molar-refractivity contribution in [3.8, 4) is 0 Å². The van der Waals surface area contributed by atoms with Crippen molar-refractivity contribution in [2.24, 2.45) is 11.1 Å². The Kier molecular flexibility index (Phi) is 19.3. The Morgan fingerprint density at radius 2 is 1.68 bits per heavy atom. The molecule has 0 aromatic carbocycles. The van der Waals surface area contributed by atoms with Crippen LogP contribution in [-0.2, 0) is 55.5 Å². The summed E-state index contributed by atoms with van der Waals surface area (Å²) in [6.45, 7) is 1.85. The fourth-order valence-electron chi connectivity index (χ4n) is 5.38. The molecular formula is C30H51N8O18P3S. The number of aromatic nitrogens is 4. The molecule has 2 aromatic rings. The number of thioether (sulfide) groups is 1. The smallest absolute Gasteiger partial charge is 0.386 e. The first-order chi connectivity index (χ1) is 27.8. The van der Waals surface area contributed by atoms with Gasteiger partial charge in [0.2, 0.25) is 11.8 Å². The standard InChI is InChI=1S/C30H51N8O18P3S/c1-17(39)18(31)7-5-4-6-8-21(41)60-12-11-33-20(40)9-10-34-28(44)25(43)30(2,3)14-53-59(50,51)56-58(48,49)52-13-19-24(55-57(45,46)47)23(42)29(54-19)38-16-37-22-26(32)35-15-36-27(22)38/h15-16,18-19,23-25,29,42-43H,4-14,31H2,1-3H3,(H,33,40)(H,34,44)(H,48,49)(H,50,51)(H2,32,35,36)(H2,45,46,47)/t18?,19-,23-,24-,25+,29-/m1/s1. The molecule has 3 heterocycles. The van der Waals surface area contributed by atoms with Crippen LogP contribution in [0, 0.1) is 5.41 Å². The lowest BCUT2D eigenvalue weighted by Crippen LogP contribution is -2.46.